The number of nitrogens with zero attached hydrogens (tertiary/aromatic N) is 4. The van der Waals surface area contributed by atoms with E-state index >= 15 is 0 Å². The van der Waals surface area contributed by atoms with Crippen molar-refractivity contribution in [3.63, 3.8) is 0 Å². The fourth-order valence-corrected chi connectivity index (χ4v) is 4.20. The average molecular weight is 553 g/mol. The molecular formula is C26H25Cl2F3N4O2. The first-order valence-electron chi connectivity index (χ1n) is 11.6. The lowest BCUT2D eigenvalue weighted by molar-refractivity contribution is -0.137. The van der Waals surface area contributed by atoms with Crippen LogP contribution < -0.4 is 9.64 Å². The first kappa shape index (κ1) is 27.0. The van der Waals surface area contributed by atoms with Crippen LogP contribution in [0, 0.1) is 0 Å². The van der Waals surface area contributed by atoms with Gasteiger partial charge < -0.3 is 14.5 Å². The maximum atomic E-state index is 12.9. The van der Waals surface area contributed by atoms with Crippen LogP contribution in [0.25, 0.3) is 0 Å². The number of oxime groups is 1. The summed E-state index contributed by atoms with van der Waals surface area (Å²) in [6.45, 7) is 4.12. The van der Waals surface area contributed by atoms with Crippen molar-refractivity contribution in [3.8, 4) is 5.75 Å². The highest BCUT2D eigenvalue weighted by Gasteiger charge is 2.32. The summed E-state index contributed by atoms with van der Waals surface area (Å²) in [5, 5.41) is 4.72. The maximum absolute atomic E-state index is 12.9. The smallest absolute Gasteiger partial charge is 0.417 e. The van der Waals surface area contributed by atoms with Gasteiger partial charge in [0.2, 0.25) is 0 Å². The number of para-hydroxylation sites is 1. The van der Waals surface area contributed by atoms with E-state index < -0.39 is 11.7 Å². The van der Waals surface area contributed by atoms with Crippen molar-refractivity contribution >= 4 is 35.2 Å². The molecule has 1 fully saturated rings. The molecule has 2 aromatic carbocycles. The van der Waals surface area contributed by atoms with Crippen molar-refractivity contribution < 1.29 is 22.7 Å². The second-order valence-electron chi connectivity index (χ2n) is 8.38. The van der Waals surface area contributed by atoms with Gasteiger partial charge in [-0.25, -0.2) is 4.98 Å². The standard InChI is InChI=1S/C26H25Cl2F3N4O2/c27-22-7-5-19(6-8-22)18-37-33-16-20-3-1-2-4-24(20)36-14-13-34-9-11-35(12-10-34)25-23(28)15-21(17-32-25)26(29,30)31/h1-8,15-17H,9-14,18H2/b33-16+. The van der Waals surface area contributed by atoms with Gasteiger partial charge in [0.15, 0.2) is 0 Å². The maximum Gasteiger partial charge on any atom is 0.417 e. The van der Waals surface area contributed by atoms with Crippen molar-refractivity contribution in [2.24, 2.45) is 5.16 Å². The number of anilines is 1. The van der Waals surface area contributed by atoms with E-state index in [9.17, 15) is 13.2 Å². The molecule has 0 spiro atoms. The number of benzene rings is 2. The lowest BCUT2D eigenvalue weighted by Crippen LogP contribution is -2.47. The quantitative estimate of drug-likeness (QED) is 0.235. The number of piperazine rings is 1. The predicted molar refractivity (Wildman–Crippen MR) is 139 cm³/mol. The third-order valence-electron chi connectivity index (χ3n) is 5.82. The van der Waals surface area contributed by atoms with Gasteiger partial charge in [0.1, 0.15) is 24.8 Å². The molecule has 1 saturated heterocycles. The van der Waals surface area contributed by atoms with E-state index in [1.807, 2.05) is 41.3 Å². The molecule has 1 aromatic heterocycles. The molecule has 3 aromatic rings. The van der Waals surface area contributed by atoms with Gasteiger partial charge in [-0.3, -0.25) is 4.90 Å². The van der Waals surface area contributed by atoms with Crippen LogP contribution in [0.1, 0.15) is 16.7 Å². The number of halogens is 5. The van der Waals surface area contributed by atoms with Gasteiger partial charge in [0.05, 0.1) is 16.8 Å². The summed E-state index contributed by atoms with van der Waals surface area (Å²) in [7, 11) is 0. The first-order valence-corrected chi connectivity index (χ1v) is 12.4. The summed E-state index contributed by atoms with van der Waals surface area (Å²) in [6.07, 6.45) is -2.03. The fourth-order valence-electron chi connectivity index (χ4n) is 3.79. The van der Waals surface area contributed by atoms with Crippen molar-refractivity contribution in [2.75, 3.05) is 44.2 Å². The Kier molecular flexibility index (Phi) is 9.13. The minimum Gasteiger partial charge on any atom is -0.492 e. The molecule has 0 saturated carbocycles. The molecule has 11 heteroatoms. The molecule has 37 heavy (non-hydrogen) atoms. The Bertz CT molecular complexity index is 1200. The van der Waals surface area contributed by atoms with Crippen LogP contribution in [0.4, 0.5) is 19.0 Å². The van der Waals surface area contributed by atoms with Gasteiger partial charge in [0.25, 0.3) is 0 Å². The minimum absolute atomic E-state index is 0.00187. The number of rotatable bonds is 9. The summed E-state index contributed by atoms with van der Waals surface area (Å²) in [5.41, 5.74) is 0.907. The van der Waals surface area contributed by atoms with Crippen LogP contribution in [0.3, 0.4) is 0 Å². The topological polar surface area (TPSA) is 50.2 Å². The summed E-state index contributed by atoms with van der Waals surface area (Å²) in [6, 6.07) is 15.8. The summed E-state index contributed by atoms with van der Waals surface area (Å²) in [4.78, 5) is 13.5. The SMILES string of the molecule is FC(F)(F)c1cnc(N2CCN(CCOc3ccccc3/C=N/OCc3ccc(Cl)cc3)CC2)c(Cl)c1. The largest absolute Gasteiger partial charge is 0.492 e. The molecular weight excluding hydrogens is 528 g/mol. The molecule has 0 unspecified atom stereocenters. The van der Waals surface area contributed by atoms with Crippen LogP contribution in [0.5, 0.6) is 5.75 Å². The van der Waals surface area contributed by atoms with E-state index in [2.05, 4.69) is 15.0 Å². The van der Waals surface area contributed by atoms with Crippen LogP contribution >= 0.6 is 23.2 Å². The number of hydrogen-bond donors (Lipinski definition) is 0. The molecule has 6 nitrogen and oxygen atoms in total. The van der Waals surface area contributed by atoms with Gasteiger partial charge in [-0.05, 0) is 35.9 Å². The van der Waals surface area contributed by atoms with Crippen molar-refractivity contribution in [1.29, 1.82) is 0 Å². The van der Waals surface area contributed by atoms with Crippen LogP contribution in [0.2, 0.25) is 10.0 Å². The Morgan fingerprint density at radius 3 is 2.43 bits per heavy atom. The zero-order chi connectivity index (χ0) is 26.3. The summed E-state index contributed by atoms with van der Waals surface area (Å²) < 4.78 is 44.6. The molecule has 4 rings (SSSR count). The van der Waals surface area contributed by atoms with Gasteiger partial charge in [-0.15, -0.1) is 0 Å². The van der Waals surface area contributed by atoms with Crippen molar-refractivity contribution in [3.05, 3.63) is 87.5 Å². The molecule has 196 valence electrons. The molecule has 0 atom stereocenters. The Balaban J connectivity index is 1.22. The highest BCUT2D eigenvalue weighted by Crippen LogP contribution is 2.33. The lowest BCUT2D eigenvalue weighted by atomic mass is 10.2. The second kappa shape index (κ2) is 12.5. The zero-order valence-corrected chi connectivity index (χ0v) is 21.3. The van der Waals surface area contributed by atoms with E-state index in [1.54, 1.807) is 18.3 Å². The van der Waals surface area contributed by atoms with Crippen molar-refractivity contribution in [1.82, 2.24) is 9.88 Å². The third-order valence-corrected chi connectivity index (χ3v) is 6.35. The summed E-state index contributed by atoms with van der Waals surface area (Å²) >= 11 is 12.0. The molecule has 0 N–H and O–H groups in total. The molecule has 1 aliphatic rings. The highest BCUT2D eigenvalue weighted by molar-refractivity contribution is 6.33. The molecule has 0 amide bonds. The van der Waals surface area contributed by atoms with E-state index in [0.717, 1.165) is 23.4 Å². The minimum atomic E-state index is -4.47. The Labute approximate surface area is 223 Å². The van der Waals surface area contributed by atoms with E-state index in [1.165, 1.54) is 0 Å². The van der Waals surface area contributed by atoms with Gasteiger partial charge in [0, 0.05) is 49.5 Å². The number of ether oxygens (including phenoxy) is 1. The average Bonchev–Trinajstić information content (AvgIpc) is 2.88. The van der Waals surface area contributed by atoms with Crippen LogP contribution in [-0.2, 0) is 17.6 Å². The van der Waals surface area contributed by atoms with E-state index in [-0.39, 0.29) is 5.02 Å². The normalized spacial score (nSPS) is 14.8. The molecule has 2 heterocycles. The number of aromatic nitrogens is 1. The van der Waals surface area contributed by atoms with Crippen LogP contribution in [0.15, 0.2) is 65.9 Å². The third kappa shape index (κ3) is 7.74. The summed E-state index contributed by atoms with van der Waals surface area (Å²) in [5.74, 6) is 1.07. The fraction of sp³-hybridized carbons (Fsp3) is 0.308. The monoisotopic (exact) mass is 552 g/mol. The number of alkyl halides is 3. The zero-order valence-electron chi connectivity index (χ0n) is 19.8. The predicted octanol–water partition coefficient (Wildman–Crippen LogP) is 6.16. The molecule has 0 radical (unpaired) electrons. The molecule has 0 aliphatic carbocycles. The number of pyridine rings is 1. The molecule has 1 aliphatic heterocycles. The number of hydrogen-bond acceptors (Lipinski definition) is 6. The van der Waals surface area contributed by atoms with Gasteiger partial charge in [-0.1, -0.05) is 52.6 Å². The first-order chi connectivity index (χ1) is 17.8. The lowest BCUT2D eigenvalue weighted by Gasteiger charge is -2.35. The van der Waals surface area contributed by atoms with Crippen LogP contribution in [-0.4, -0.2) is 55.4 Å². The van der Waals surface area contributed by atoms with Crippen molar-refractivity contribution in [2.45, 2.75) is 12.8 Å². The molecule has 0 bridgehead atoms. The van der Waals surface area contributed by atoms with E-state index in [0.29, 0.717) is 62.5 Å². The van der Waals surface area contributed by atoms with Gasteiger partial charge in [-0.2, -0.15) is 13.2 Å². The second-order valence-corrected chi connectivity index (χ2v) is 9.22. The Morgan fingerprint density at radius 2 is 1.73 bits per heavy atom. The Morgan fingerprint density at radius 1 is 1.00 bits per heavy atom. The highest BCUT2D eigenvalue weighted by atomic mass is 35.5. The van der Waals surface area contributed by atoms with Gasteiger partial charge >= 0.3 is 6.18 Å². The Hall–Kier alpha value is -3.01. The van der Waals surface area contributed by atoms with E-state index in [4.69, 9.17) is 32.8 Å².